The molecule has 0 amide bonds. The van der Waals surface area contributed by atoms with Crippen LogP contribution in [0.5, 0.6) is 0 Å². The van der Waals surface area contributed by atoms with Crippen LogP contribution in [-0.2, 0) is 0 Å². The van der Waals surface area contributed by atoms with Gasteiger partial charge >= 0.3 is 0 Å². The molecule has 6 heteroatoms. The number of hydrogen-bond acceptors (Lipinski definition) is 1. The van der Waals surface area contributed by atoms with E-state index in [1.165, 1.54) is 24.3 Å². The molecule has 9 rings (SSSR count). The van der Waals surface area contributed by atoms with Crippen LogP contribution in [0.25, 0.3) is 82.1 Å². The van der Waals surface area contributed by atoms with Crippen LogP contribution in [-0.4, -0.2) is 9.13 Å². The Morgan fingerprint density at radius 1 is 0.520 bits per heavy atom. The van der Waals surface area contributed by atoms with Gasteiger partial charge < -0.3 is 9.13 Å². The molecule has 234 valence electrons. The maximum atomic E-state index is 15.2. The molecule has 0 radical (unpaired) electrons. The lowest BCUT2D eigenvalue weighted by atomic mass is 9.99. The zero-order valence-corrected chi connectivity index (χ0v) is 26.4. The molecule has 4 nitrogen and oxygen atoms in total. The number of halogens is 2. The van der Waals surface area contributed by atoms with Crippen molar-refractivity contribution < 1.29 is 8.78 Å². The molecule has 0 saturated heterocycles. The topological polar surface area (TPSA) is 38.0 Å². The lowest BCUT2D eigenvalue weighted by molar-refractivity contribution is 0.589. The number of nitrogens with zero attached hydrogens (tertiary/aromatic N) is 4. The van der Waals surface area contributed by atoms with E-state index >= 15 is 8.78 Å². The van der Waals surface area contributed by atoms with Gasteiger partial charge in [0.1, 0.15) is 11.6 Å². The van der Waals surface area contributed by atoms with E-state index in [9.17, 15) is 5.26 Å². The minimum atomic E-state index is -0.704. The van der Waals surface area contributed by atoms with E-state index in [0.717, 1.165) is 60.4 Å². The Kier molecular flexibility index (Phi) is 6.59. The Labute approximate surface area is 285 Å². The number of rotatable bonds is 4. The third-order valence-corrected chi connectivity index (χ3v) is 9.52. The lowest BCUT2D eigenvalue weighted by Gasteiger charge is -2.16. The molecule has 0 fully saturated rings. The standard InChI is InChI=1S/C44H24F2N4/c1-48-37-25-29(19-22-43(37)50-38-14-5-2-9-30(38)31-10-3-6-15-39(31)50)28-18-21-41-33(24-28)32-11-4-7-16-40(32)49(41)42-20-17-27(26-47)23-34(42)44-35(45)12-8-13-36(44)46/h2-25H. The highest BCUT2D eigenvalue weighted by Gasteiger charge is 2.21. The third-order valence-electron chi connectivity index (χ3n) is 9.52. The van der Waals surface area contributed by atoms with Gasteiger partial charge in [-0.25, -0.2) is 13.6 Å². The van der Waals surface area contributed by atoms with Gasteiger partial charge in [0.15, 0.2) is 0 Å². The number of hydrogen-bond donors (Lipinski definition) is 0. The van der Waals surface area contributed by atoms with Crippen LogP contribution in [0.3, 0.4) is 0 Å². The van der Waals surface area contributed by atoms with E-state index in [1.807, 2.05) is 83.4 Å². The van der Waals surface area contributed by atoms with Crippen LogP contribution in [0.2, 0.25) is 0 Å². The fourth-order valence-corrected chi connectivity index (χ4v) is 7.33. The summed E-state index contributed by atoms with van der Waals surface area (Å²) in [5.74, 6) is -1.41. The smallest absolute Gasteiger partial charge is 0.211 e. The number of aromatic nitrogens is 2. The summed E-state index contributed by atoms with van der Waals surface area (Å²) in [4.78, 5) is 3.99. The molecule has 50 heavy (non-hydrogen) atoms. The molecule has 2 aromatic heterocycles. The van der Waals surface area contributed by atoms with Crippen molar-refractivity contribution in [2.24, 2.45) is 0 Å². The first kappa shape index (κ1) is 29.1. The van der Waals surface area contributed by atoms with E-state index in [4.69, 9.17) is 6.57 Å². The van der Waals surface area contributed by atoms with Crippen molar-refractivity contribution in [3.8, 4) is 39.7 Å². The van der Waals surface area contributed by atoms with E-state index < -0.39 is 11.6 Å². The van der Waals surface area contributed by atoms with Gasteiger partial charge in [0.2, 0.25) is 5.69 Å². The van der Waals surface area contributed by atoms with Gasteiger partial charge in [-0.3, -0.25) is 0 Å². The lowest BCUT2D eigenvalue weighted by Crippen LogP contribution is -2.00. The highest BCUT2D eigenvalue weighted by Crippen LogP contribution is 2.41. The van der Waals surface area contributed by atoms with Crippen molar-refractivity contribution in [2.75, 3.05) is 0 Å². The van der Waals surface area contributed by atoms with Gasteiger partial charge in [-0.15, -0.1) is 0 Å². The van der Waals surface area contributed by atoms with Gasteiger partial charge in [0.05, 0.1) is 57.2 Å². The van der Waals surface area contributed by atoms with E-state index in [0.29, 0.717) is 16.9 Å². The normalized spacial score (nSPS) is 11.4. The molecule has 7 aromatic carbocycles. The van der Waals surface area contributed by atoms with Crippen LogP contribution >= 0.6 is 0 Å². The molecule has 0 bridgehead atoms. The van der Waals surface area contributed by atoms with Crippen molar-refractivity contribution in [2.45, 2.75) is 0 Å². The van der Waals surface area contributed by atoms with Gasteiger partial charge in [0.25, 0.3) is 0 Å². The Morgan fingerprint density at radius 2 is 1.04 bits per heavy atom. The molecular weight excluding hydrogens is 623 g/mol. The fraction of sp³-hybridized carbons (Fsp3) is 0. The number of para-hydroxylation sites is 3. The van der Waals surface area contributed by atoms with Crippen molar-refractivity contribution in [3.63, 3.8) is 0 Å². The van der Waals surface area contributed by atoms with E-state index in [2.05, 4.69) is 45.8 Å². The van der Waals surface area contributed by atoms with Crippen molar-refractivity contribution in [3.05, 3.63) is 174 Å². The summed E-state index contributed by atoms with van der Waals surface area (Å²) in [5.41, 5.74) is 7.90. The first-order valence-electron chi connectivity index (χ1n) is 16.1. The summed E-state index contributed by atoms with van der Waals surface area (Å²) in [6.45, 7) is 8.18. The summed E-state index contributed by atoms with van der Waals surface area (Å²) >= 11 is 0. The fourth-order valence-electron chi connectivity index (χ4n) is 7.33. The number of benzene rings is 7. The largest absolute Gasteiger partial charge is 0.319 e. The van der Waals surface area contributed by atoms with Gasteiger partial charge in [-0.1, -0.05) is 72.8 Å². The zero-order valence-electron chi connectivity index (χ0n) is 26.4. The van der Waals surface area contributed by atoms with E-state index in [1.54, 1.807) is 12.1 Å². The Balaban J connectivity index is 1.24. The summed E-state index contributed by atoms with van der Waals surface area (Å²) < 4.78 is 34.6. The molecule has 2 heterocycles. The minimum Gasteiger partial charge on any atom is -0.319 e. The Morgan fingerprint density at radius 3 is 1.66 bits per heavy atom. The van der Waals surface area contributed by atoms with Crippen molar-refractivity contribution in [1.29, 1.82) is 5.26 Å². The second-order valence-electron chi connectivity index (χ2n) is 12.2. The highest BCUT2D eigenvalue weighted by atomic mass is 19.1. The average molecular weight is 647 g/mol. The highest BCUT2D eigenvalue weighted by molar-refractivity contribution is 6.12. The minimum absolute atomic E-state index is 0.183. The Bertz CT molecular complexity index is 2860. The zero-order chi connectivity index (χ0) is 33.9. The molecule has 0 aliphatic rings. The van der Waals surface area contributed by atoms with Crippen LogP contribution in [0, 0.1) is 29.5 Å². The SMILES string of the molecule is [C-]#[N+]c1cc(-c2ccc3c(c2)c2ccccc2n3-c2ccc(C#N)cc2-c2c(F)cccc2F)ccc1-n1c2ccccc2c2ccccc21. The predicted octanol–water partition coefficient (Wildman–Crippen LogP) is 11.9. The maximum Gasteiger partial charge on any atom is 0.211 e. The molecular formula is C44H24F2N4. The average Bonchev–Trinajstić information content (AvgIpc) is 3.67. The molecule has 0 unspecified atom stereocenters. The first-order chi connectivity index (χ1) is 24.6. The molecule has 0 N–H and O–H groups in total. The Hall–Kier alpha value is -7.02. The van der Waals surface area contributed by atoms with Gasteiger partial charge in [0, 0.05) is 27.1 Å². The predicted molar refractivity (Wildman–Crippen MR) is 197 cm³/mol. The number of fused-ring (bicyclic) bond motifs is 6. The van der Waals surface area contributed by atoms with Crippen LogP contribution in [0.15, 0.2) is 146 Å². The van der Waals surface area contributed by atoms with Gasteiger partial charge in [-0.2, -0.15) is 5.26 Å². The molecule has 0 aliphatic heterocycles. The summed E-state index contributed by atoms with van der Waals surface area (Å²) in [7, 11) is 0. The van der Waals surface area contributed by atoms with Crippen molar-refractivity contribution in [1.82, 2.24) is 9.13 Å². The molecule has 0 atom stereocenters. The second-order valence-corrected chi connectivity index (χ2v) is 12.2. The van der Waals surface area contributed by atoms with Crippen LogP contribution in [0.4, 0.5) is 14.5 Å². The molecule has 0 aliphatic carbocycles. The summed E-state index contributed by atoms with van der Waals surface area (Å²) in [6, 6.07) is 47.3. The van der Waals surface area contributed by atoms with Crippen molar-refractivity contribution >= 4 is 49.3 Å². The van der Waals surface area contributed by atoms with E-state index in [-0.39, 0.29) is 11.1 Å². The third kappa shape index (κ3) is 4.33. The number of nitriles is 1. The van der Waals surface area contributed by atoms with Crippen LogP contribution < -0.4 is 0 Å². The first-order valence-corrected chi connectivity index (χ1v) is 16.1. The molecule has 0 saturated carbocycles. The van der Waals surface area contributed by atoms with Crippen LogP contribution in [0.1, 0.15) is 5.56 Å². The molecule has 0 spiro atoms. The monoisotopic (exact) mass is 646 g/mol. The van der Waals surface area contributed by atoms with Gasteiger partial charge in [-0.05, 0) is 83.9 Å². The summed E-state index contributed by atoms with van der Waals surface area (Å²) in [6.07, 6.45) is 0. The molecule has 9 aromatic rings. The summed E-state index contributed by atoms with van der Waals surface area (Å²) in [5, 5.41) is 13.9. The maximum absolute atomic E-state index is 15.2. The second kappa shape index (κ2) is 11.3. The quantitative estimate of drug-likeness (QED) is 0.175.